The summed E-state index contributed by atoms with van der Waals surface area (Å²) >= 11 is 0. The van der Waals surface area contributed by atoms with Gasteiger partial charge in [-0.3, -0.25) is 5.01 Å². The Morgan fingerprint density at radius 2 is 1.85 bits per heavy atom. The number of nitrogens with zero attached hydrogens (tertiary/aromatic N) is 2. The van der Waals surface area contributed by atoms with E-state index in [1.165, 1.54) is 11.2 Å². The van der Waals surface area contributed by atoms with Gasteiger partial charge in [-0.2, -0.15) is 5.26 Å². The molecule has 0 aliphatic carbocycles. The number of aromatic amines is 2. The zero-order chi connectivity index (χ0) is 23.4. The number of benzene rings is 3. The van der Waals surface area contributed by atoms with Crippen molar-refractivity contribution in [3.8, 4) is 6.07 Å². The van der Waals surface area contributed by atoms with E-state index in [-0.39, 0.29) is 5.69 Å². The minimum atomic E-state index is -0.290. The second-order valence-corrected chi connectivity index (χ2v) is 7.36. The van der Waals surface area contributed by atoms with E-state index in [0.29, 0.717) is 40.2 Å². The van der Waals surface area contributed by atoms with E-state index in [0.717, 1.165) is 16.8 Å². The summed E-state index contributed by atoms with van der Waals surface area (Å²) in [5.74, 6) is 6.39. The number of H-pyrrole nitrogens is 2. The molecule has 1 heterocycles. The molecule has 33 heavy (non-hydrogen) atoms. The molecule has 4 aromatic rings. The van der Waals surface area contributed by atoms with Gasteiger partial charge in [0.15, 0.2) is 0 Å². The van der Waals surface area contributed by atoms with Gasteiger partial charge in [-0.15, -0.1) is 0 Å². The Bertz CT molecular complexity index is 1440. The average Bonchev–Trinajstić information content (AvgIpc) is 3.21. The average molecular weight is 438 g/mol. The zero-order valence-electron chi connectivity index (χ0n) is 17.6. The summed E-state index contributed by atoms with van der Waals surface area (Å²) in [5, 5.41) is 21.3. The molecule has 0 atom stereocenters. The fraction of sp³-hybridized carbons (Fsp3) is 0.0417. The molecule has 0 saturated carbocycles. The predicted molar refractivity (Wildman–Crippen MR) is 131 cm³/mol. The molecule has 0 saturated heterocycles. The maximum Gasteiger partial charge on any atom is 0.323 e. The monoisotopic (exact) mass is 438 g/mol. The molecular weight excluding hydrogens is 416 g/mol. The van der Waals surface area contributed by atoms with Crippen LogP contribution in [0.15, 0.2) is 71.5 Å². The van der Waals surface area contributed by atoms with E-state index in [9.17, 15) is 4.79 Å². The number of anilines is 3. The van der Waals surface area contributed by atoms with Crippen molar-refractivity contribution >= 4 is 40.0 Å². The van der Waals surface area contributed by atoms with Crippen LogP contribution in [0, 0.1) is 16.7 Å². The van der Waals surface area contributed by atoms with Crippen molar-refractivity contribution in [3.63, 3.8) is 0 Å². The number of fused-ring (bicyclic) bond motifs is 1. The smallest absolute Gasteiger partial charge is 0.323 e. The molecule has 0 spiro atoms. The third-order valence-electron chi connectivity index (χ3n) is 5.19. The van der Waals surface area contributed by atoms with E-state index >= 15 is 0 Å². The Kier molecular flexibility index (Phi) is 5.93. The van der Waals surface area contributed by atoms with E-state index in [2.05, 4.69) is 21.4 Å². The SMILES string of the molecule is N#Cc1ccc(CN/C(=C\C=N)c2ccc(N)c(N(N)c3ccc4[nH]c(=O)[nH]c4c3)c2)cc1. The summed E-state index contributed by atoms with van der Waals surface area (Å²) in [4.78, 5) is 17.0. The molecule has 9 heteroatoms. The topological polar surface area (TPSA) is 164 Å². The number of nitrogen functional groups attached to an aromatic ring is 1. The second kappa shape index (κ2) is 9.13. The first-order valence-corrected chi connectivity index (χ1v) is 10.1. The molecule has 0 aliphatic rings. The third-order valence-corrected chi connectivity index (χ3v) is 5.19. The second-order valence-electron chi connectivity index (χ2n) is 7.36. The fourth-order valence-electron chi connectivity index (χ4n) is 3.46. The highest BCUT2D eigenvalue weighted by Crippen LogP contribution is 2.31. The van der Waals surface area contributed by atoms with E-state index in [1.54, 1.807) is 42.5 Å². The Hall–Kier alpha value is -4.81. The van der Waals surface area contributed by atoms with Crippen molar-refractivity contribution in [2.75, 3.05) is 10.7 Å². The van der Waals surface area contributed by atoms with Gasteiger partial charge in [0.05, 0.1) is 39.7 Å². The summed E-state index contributed by atoms with van der Waals surface area (Å²) in [7, 11) is 0. The summed E-state index contributed by atoms with van der Waals surface area (Å²) < 4.78 is 0. The van der Waals surface area contributed by atoms with Gasteiger partial charge in [0.2, 0.25) is 0 Å². The maximum absolute atomic E-state index is 11.5. The van der Waals surface area contributed by atoms with Crippen LogP contribution in [-0.4, -0.2) is 16.2 Å². The maximum atomic E-state index is 11.5. The molecular formula is C24H22N8O. The molecule has 9 nitrogen and oxygen atoms in total. The number of imidazole rings is 1. The standard InChI is InChI=1S/C24H22N8O/c25-10-9-20(29-14-16-3-1-15(13-26)2-4-16)17-5-7-19(27)23(11-17)32(28)18-6-8-21-22(12-18)31-24(33)30-21/h1-12,25,29H,14,27-28H2,(H2,30,31,33)/b20-9-,25-10?. The van der Waals surface area contributed by atoms with Crippen molar-refractivity contribution in [2.45, 2.75) is 6.54 Å². The number of allylic oxidation sites excluding steroid dienone is 1. The van der Waals surface area contributed by atoms with Crippen molar-refractivity contribution < 1.29 is 0 Å². The molecule has 0 fully saturated rings. The van der Waals surface area contributed by atoms with Crippen LogP contribution in [0.3, 0.4) is 0 Å². The van der Waals surface area contributed by atoms with Gasteiger partial charge >= 0.3 is 5.69 Å². The van der Waals surface area contributed by atoms with Crippen molar-refractivity contribution in [3.05, 3.63) is 93.9 Å². The Morgan fingerprint density at radius 1 is 1.09 bits per heavy atom. The van der Waals surface area contributed by atoms with Gasteiger partial charge < -0.3 is 26.4 Å². The molecule has 0 amide bonds. The zero-order valence-corrected chi connectivity index (χ0v) is 17.6. The Morgan fingerprint density at radius 3 is 2.58 bits per heavy atom. The lowest BCUT2D eigenvalue weighted by molar-refractivity contribution is 0.890. The number of rotatable bonds is 7. The predicted octanol–water partition coefficient (Wildman–Crippen LogP) is 3.10. The normalized spacial score (nSPS) is 11.2. The number of aromatic nitrogens is 2. The molecule has 8 N–H and O–H groups in total. The first-order valence-electron chi connectivity index (χ1n) is 10.1. The van der Waals surface area contributed by atoms with Gasteiger partial charge in [0.25, 0.3) is 0 Å². The highest BCUT2D eigenvalue weighted by Gasteiger charge is 2.13. The Labute approximate surface area is 189 Å². The molecule has 0 aliphatic heterocycles. The fourth-order valence-corrected chi connectivity index (χ4v) is 3.46. The van der Waals surface area contributed by atoms with Crippen LogP contribution in [0.5, 0.6) is 0 Å². The number of hydrazine groups is 1. The van der Waals surface area contributed by atoms with Crippen LogP contribution < -0.4 is 27.6 Å². The van der Waals surface area contributed by atoms with Crippen LogP contribution in [0.2, 0.25) is 0 Å². The van der Waals surface area contributed by atoms with Crippen molar-refractivity contribution in [1.82, 2.24) is 15.3 Å². The summed E-state index contributed by atoms with van der Waals surface area (Å²) in [6.07, 6.45) is 2.85. The number of nitriles is 1. The molecule has 0 bridgehead atoms. The van der Waals surface area contributed by atoms with Crippen molar-refractivity contribution in [1.29, 1.82) is 10.7 Å². The van der Waals surface area contributed by atoms with Gasteiger partial charge in [0.1, 0.15) is 0 Å². The third kappa shape index (κ3) is 4.61. The highest BCUT2D eigenvalue weighted by atomic mass is 16.1. The molecule has 0 unspecified atom stereocenters. The lowest BCUT2D eigenvalue weighted by atomic mass is 10.1. The van der Waals surface area contributed by atoms with Crippen LogP contribution >= 0.6 is 0 Å². The van der Waals surface area contributed by atoms with Gasteiger partial charge in [-0.05, 0) is 59.7 Å². The number of nitrogens with one attached hydrogen (secondary N) is 4. The van der Waals surface area contributed by atoms with Gasteiger partial charge in [-0.25, -0.2) is 10.6 Å². The molecule has 3 aromatic carbocycles. The number of hydrogen-bond donors (Lipinski definition) is 6. The largest absolute Gasteiger partial charge is 0.397 e. The number of nitrogens with two attached hydrogens (primary N) is 2. The lowest BCUT2D eigenvalue weighted by Gasteiger charge is -2.22. The van der Waals surface area contributed by atoms with Gasteiger partial charge in [0, 0.05) is 18.5 Å². The molecule has 164 valence electrons. The summed E-state index contributed by atoms with van der Waals surface area (Å²) in [6.45, 7) is 0.509. The van der Waals surface area contributed by atoms with Gasteiger partial charge in [-0.1, -0.05) is 18.2 Å². The number of hydrogen-bond acceptors (Lipinski definition) is 7. The van der Waals surface area contributed by atoms with E-state index in [1.807, 2.05) is 24.3 Å². The summed E-state index contributed by atoms with van der Waals surface area (Å²) in [5.41, 5.74) is 12.0. The van der Waals surface area contributed by atoms with Crippen LogP contribution in [-0.2, 0) is 6.54 Å². The minimum absolute atomic E-state index is 0.290. The quantitative estimate of drug-likeness (QED) is 0.112. The highest BCUT2D eigenvalue weighted by molar-refractivity contribution is 5.86. The minimum Gasteiger partial charge on any atom is -0.397 e. The lowest BCUT2D eigenvalue weighted by Crippen LogP contribution is -2.26. The molecule has 4 rings (SSSR count). The van der Waals surface area contributed by atoms with Crippen LogP contribution in [0.25, 0.3) is 16.7 Å². The first-order chi connectivity index (χ1) is 16.0. The summed E-state index contributed by atoms with van der Waals surface area (Å²) in [6, 6.07) is 20.1. The van der Waals surface area contributed by atoms with Crippen molar-refractivity contribution in [2.24, 2.45) is 5.84 Å². The van der Waals surface area contributed by atoms with Crippen LogP contribution in [0.1, 0.15) is 16.7 Å². The molecule has 1 aromatic heterocycles. The van der Waals surface area contributed by atoms with E-state index in [4.69, 9.17) is 22.2 Å². The van der Waals surface area contributed by atoms with E-state index < -0.39 is 0 Å². The first kappa shape index (κ1) is 21.4. The van der Waals surface area contributed by atoms with Crippen LogP contribution in [0.4, 0.5) is 17.1 Å². The Balaban J connectivity index is 1.61. The molecule has 0 radical (unpaired) electrons.